The van der Waals surface area contributed by atoms with Crippen molar-refractivity contribution in [1.29, 1.82) is 0 Å². The van der Waals surface area contributed by atoms with Crippen molar-refractivity contribution < 1.29 is 4.74 Å². The topological polar surface area (TPSA) is 15.7 Å². The molecule has 0 aliphatic carbocycles. The van der Waals surface area contributed by atoms with E-state index in [4.69, 9.17) is 4.74 Å². The Labute approximate surface area is 82.7 Å². The second-order valence-corrected chi connectivity index (χ2v) is 3.67. The molecule has 0 fully saturated rings. The van der Waals surface area contributed by atoms with Crippen molar-refractivity contribution in [3.8, 4) is 0 Å². The van der Waals surface area contributed by atoms with Crippen LogP contribution >= 0.6 is 0 Å². The van der Waals surface area contributed by atoms with Gasteiger partial charge in [0, 0.05) is 19.7 Å². The molecule has 0 radical (unpaired) electrons. The van der Waals surface area contributed by atoms with Gasteiger partial charge in [0.2, 0.25) is 0 Å². The molecule has 0 aromatic heterocycles. The summed E-state index contributed by atoms with van der Waals surface area (Å²) in [6, 6.07) is 0. The van der Waals surface area contributed by atoms with Crippen LogP contribution in [0.25, 0.3) is 0 Å². The quantitative estimate of drug-likeness (QED) is 0.527. The van der Waals surface area contributed by atoms with Gasteiger partial charge in [-0.05, 0) is 34.1 Å². The zero-order valence-electron chi connectivity index (χ0n) is 9.55. The summed E-state index contributed by atoms with van der Waals surface area (Å²) < 4.78 is 5.47. The van der Waals surface area contributed by atoms with Crippen LogP contribution in [0.1, 0.15) is 13.3 Å². The normalized spacial score (nSPS) is 11.5. The lowest BCUT2D eigenvalue weighted by atomic mass is 10.4. The van der Waals surface area contributed by atoms with Crippen LogP contribution in [-0.4, -0.2) is 63.8 Å². The van der Waals surface area contributed by atoms with Gasteiger partial charge < -0.3 is 14.5 Å². The Morgan fingerprint density at radius 2 is 1.69 bits per heavy atom. The standard InChI is InChI=1S/C10H24N2O/c1-5-12(4)7-6-9-13-10-8-11(2)3/h5-10H2,1-4H3. The van der Waals surface area contributed by atoms with E-state index >= 15 is 0 Å². The molecule has 0 heterocycles. The van der Waals surface area contributed by atoms with Gasteiger partial charge in [-0.1, -0.05) is 6.92 Å². The first-order chi connectivity index (χ1) is 6.16. The van der Waals surface area contributed by atoms with Crippen molar-refractivity contribution in [3.05, 3.63) is 0 Å². The first kappa shape index (κ1) is 12.9. The molecule has 0 spiro atoms. The van der Waals surface area contributed by atoms with Crippen molar-refractivity contribution >= 4 is 0 Å². The number of ether oxygens (including phenoxy) is 1. The van der Waals surface area contributed by atoms with Crippen molar-refractivity contribution in [2.24, 2.45) is 0 Å². The molecule has 0 atom stereocenters. The molecule has 0 aromatic carbocycles. The van der Waals surface area contributed by atoms with Crippen LogP contribution in [-0.2, 0) is 4.74 Å². The lowest BCUT2D eigenvalue weighted by Gasteiger charge is -2.14. The molecule has 0 N–H and O–H groups in total. The van der Waals surface area contributed by atoms with Crippen LogP contribution < -0.4 is 0 Å². The highest BCUT2D eigenvalue weighted by Gasteiger charge is 1.94. The van der Waals surface area contributed by atoms with Gasteiger partial charge in [0.25, 0.3) is 0 Å². The summed E-state index contributed by atoms with van der Waals surface area (Å²) in [5, 5.41) is 0. The first-order valence-corrected chi connectivity index (χ1v) is 5.07. The number of hydrogen-bond acceptors (Lipinski definition) is 3. The largest absolute Gasteiger partial charge is 0.380 e. The molecule has 0 amide bonds. The zero-order valence-corrected chi connectivity index (χ0v) is 9.55. The van der Waals surface area contributed by atoms with E-state index in [2.05, 4.69) is 37.9 Å². The van der Waals surface area contributed by atoms with E-state index in [1.165, 1.54) is 0 Å². The van der Waals surface area contributed by atoms with Crippen LogP contribution in [0.3, 0.4) is 0 Å². The molecule has 0 saturated carbocycles. The number of nitrogens with zero attached hydrogens (tertiary/aromatic N) is 2. The Morgan fingerprint density at radius 1 is 1.00 bits per heavy atom. The number of likely N-dealkylation sites (N-methyl/N-ethyl adjacent to an activating group) is 1. The Bertz CT molecular complexity index is 107. The van der Waals surface area contributed by atoms with Crippen molar-refractivity contribution in [3.63, 3.8) is 0 Å². The predicted octanol–water partition coefficient (Wildman–Crippen LogP) is 0.906. The Balaban J connectivity index is 2.99. The van der Waals surface area contributed by atoms with Gasteiger partial charge in [-0.2, -0.15) is 0 Å². The molecule has 0 bridgehead atoms. The highest BCUT2D eigenvalue weighted by molar-refractivity contribution is 4.47. The maximum atomic E-state index is 5.47. The summed E-state index contributed by atoms with van der Waals surface area (Å²) in [6.45, 7) is 7.19. The second-order valence-electron chi connectivity index (χ2n) is 3.67. The van der Waals surface area contributed by atoms with Gasteiger partial charge >= 0.3 is 0 Å². The highest BCUT2D eigenvalue weighted by atomic mass is 16.5. The third-order valence-corrected chi connectivity index (χ3v) is 2.05. The maximum absolute atomic E-state index is 5.47. The fraction of sp³-hybridized carbons (Fsp3) is 1.00. The third kappa shape index (κ3) is 9.80. The predicted molar refractivity (Wildman–Crippen MR) is 57.2 cm³/mol. The van der Waals surface area contributed by atoms with Gasteiger partial charge in [0.15, 0.2) is 0 Å². The molecule has 80 valence electrons. The molecule has 0 aliphatic rings. The van der Waals surface area contributed by atoms with Crippen LogP contribution in [0.2, 0.25) is 0 Å². The average molecular weight is 188 g/mol. The van der Waals surface area contributed by atoms with E-state index in [9.17, 15) is 0 Å². The highest BCUT2D eigenvalue weighted by Crippen LogP contribution is 1.88. The number of rotatable bonds is 8. The first-order valence-electron chi connectivity index (χ1n) is 5.07. The van der Waals surface area contributed by atoms with Gasteiger partial charge in [-0.15, -0.1) is 0 Å². The van der Waals surface area contributed by atoms with Crippen LogP contribution in [0.15, 0.2) is 0 Å². The minimum absolute atomic E-state index is 0.850. The Morgan fingerprint density at radius 3 is 2.23 bits per heavy atom. The van der Waals surface area contributed by atoms with Crippen LogP contribution in [0, 0.1) is 0 Å². The van der Waals surface area contributed by atoms with Gasteiger partial charge in [-0.25, -0.2) is 0 Å². The molecular weight excluding hydrogens is 164 g/mol. The molecule has 3 nitrogen and oxygen atoms in total. The van der Waals surface area contributed by atoms with Crippen LogP contribution in [0.5, 0.6) is 0 Å². The third-order valence-electron chi connectivity index (χ3n) is 2.05. The Kier molecular flexibility index (Phi) is 8.40. The van der Waals surface area contributed by atoms with Gasteiger partial charge in [-0.3, -0.25) is 0 Å². The minimum atomic E-state index is 0.850. The van der Waals surface area contributed by atoms with E-state index < -0.39 is 0 Å². The molecule has 0 rings (SSSR count). The summed E-state index contributed by atoms with van der Waals surface area (Å²) in [7, 11) is 6.27. The van der Waals surface area contributed by atoms with E-state index in [-0.39, 0.29) is 0 Å². The monoisotopic (exact) mass is 188 g/mol. The minimum Gasteiger partial charge on any atom is -0.380 e. The molecule has 0 saturated heterocycles. The van der Waals surface area contributed by atoms with Crippen molar-refractivity contribution in [1.82, 2.24) is 9.80 Å². The lowest BCUT2D eigenvalue weighted by molar-refractivity contribution is 0.109. The number of hydrogen-bond donors (Lipinski definition) is 0. The van der Waals surface area contributed by atoms with E-state index in [0.29, 0.717) is 0 Å². The Hall–Kier alpha value is -0.120. The van der Waals surface area contributed by atoms with E-state index in [1.807, 2.05) is 0 Å². The lowest BCUT2D eigenvalue weighted by Crippen LogP contribution is -2.21. The summed E-state index contributed by atoms with van der Waals surface area (Å²) in [5.41, 5.74) is 0. The molecule has 0 unspecified atom stereocenters. The SMILES string of the molecule is CCN(C)CCCOCCN(C)C. The summed E-state index contributed by atoms with van der Waals surface area (Å²) >= 11 is 0. The second kappa shape index (κ2) is 8.48. The van der Waals surface area contributed by atoms with E-state index in [1.54, 1.807) is 0 Å². The van der Waals surface area contributed by atoms with Crippen molar-refractivity contribution in [2.75, 3.05) is 54.0 Å². The molecule has 0 aliphatic heterocycles. The fourth-order valence-electron chi connectivity index (χ4n) is 0.944. The smallest absolute Gasteiger partial charge is 0.0593 e. The fourth-order valence-corrected chi connectivity index (χ4v) is 0.944. The average Bonchev–Trinajstić information content (AvgIpc) is 2.10. The molecule has 13 heavy (non-hydrogen) atoms. The van der Waals surface area contributed by atoms with Gasteiger partial charge in [0.05, 0.1) is 6.61 Å². The zero-order chi connectivity index (χ0) is 10.1. The summed E-state index contributed by atoms with van der Waals surface area (Å²) in [4.78, 5) is 4.44. The molecular formula is C10H24N2O. The summed E-state index contributed by atoms with van der Waals surface area (Å²) in [5.74, 6) is 0. The summed E-state index contributed by atoms with van der Waals surface area (Å²) in [6.07, 6.45) is 1.14. The van der Waals surface area contributed by atoms with Crippen LogP contribution in [0.4, 0.5) is 0 Å². The molecule has 0 aromatic rings. The van der Waals surface area contributed by atoms with E-state index in [0.717, 1.165) is 39.3 Å². The van der Waals surface area contributed by atoms with Crippen molar-refractivity contribution in [2.45, 2.75) is 13.3 Å². The molecule has 3 heteroatoms. The van der Waals surface area contributed by atoms with Gasteiger partial charge in [0.1, 0.15) is 0 Å². The maximum Gasteiger partial charge on any atom is 0.0593 e.